The summed E-state index contributed by atoms with van der Waals surface area (Å²) in [6, 6.07) is -0.142. The largest absolute Gasteiger partial charge is 0.612 e. The van der Waals surface area contributed by atoms with Gasteiger partial charge in [0.1, 0.15) is 5.75 Å². The summed E-state index contributed by atoms with van der Waals surface area (Å²) in [7, 11) is 0. The second-order valence-corrected chi connectivity index (χ2v) is 5.27. The number of rotatable bonds is 4. The fourth-order valence-corrected chi connectivity index (χ4v) is 3.22. The van der Waals surface area contributed by atoms with Gasteiger partial charge in [-0.05, 0) is 11.2 Å². The van der Waals surface area contributed by atoms with Gasteiger partial charge in [-0.3, -0.25) is 9.69 Å². The molecule has 0 aromatic rings. The summed E-state index contributed by atoms with van der Waals surface area (Å²) >= 11 is -1.51. The first-order valence-electron chi connectivity index (χ1n) is 4.84. The van der Waals surface area contributed by atoms with Crippen LogP contribution in [-0.4, -0.2) is 49.9 Å². The van der Waals surface area contributed by atoms with Crippen LogP contribution in [0.1, 0.15) is 12.8 Å². The maximum absolute atomic E-state index is 11.7. The Morgan fingerprint density at radius 2 is 2.25 bits per heavy atom. The van der Waals surface area contributed by atoms with E-state index < -0.39 is 17.1 Å². The molecular formula is C9H11NO5S. The Kier molecular flexibility index (Phi) is 2.92. The van der Waals surface area contributed by atoms with Crippen LogP contribution in [-0.2, 0) is 20.8 Å². The van der Waals surface area contributed by atoms with Gasteiger partial charge in [0, 0.05) is 12.8 Å². The molecule has 2 aliphatic heterocycles. The monoisotopic (exact) mass is 245 g/mol. The first kappa shape index (κ1) is 11.4. The van der Waals surface area contributed by atoms with Gasteiger partial charge in [-0.25, -0.2) is 4.79 Å². The van der Waals surface area contributed by atoms with Gasteiger partial charge in [-0.15, -0.1) is 0 Å². The van der Waals surface area contributed by atoms with Crippen molar-refractivity contribution in [2.45, 2.75) is 18.9 Å². The van der Waals surface area contributed by atoms with Crippen molar-refractivity contribution in [1.29, 1.82) is 0 Å². The lowest BCUT2D eigenvalue weighted by Gasteiger charge is -2.34. The highest BCUT2D eigenvalue weighted by Gasteiger charge is 2.51. The Morgan fingerprint density at radius 1 is 1.56 bits per heavy atom. The third-order valence-electron chi connectivity index (χ3n) is 2.72. The number of carboxylic acids is 1. The number of β-lactam (4-membered cyclic amide) rings is 1. The number of amides is 1. The smallest absolute Gasteiger partial charge is 0.357 e. The Morgan fingerprint density at radius 3 is 2.75 bits per heavy atom. The SMILES string of the molecule is O=C(O)C1=C([S+]([O-])CCO)CC2CC(=O)N12. The molecule has 0 bridgehead atoms. The number of aliphatic hydroxyl groups excluding tert-OH is 1. The molecule has 0 radical (unpaired) electrons. The van der Waals surface area contributed by atoms with E-state index in [0.29, 0.717) is 12.8 Å². The second kappa shape index (κ2) is 4.08. The van der Waals surface area contributed by atoms with Gasteiger partial charge in [-0.2, -0.15) is 0 Å². The molecule has 1 amide bonds. The lowest BCUT2D eigenvalue weighted by atomic mass is 10.0. The first-order valence-corrected chi connectivity index (χ1v) is 6.16. The molecule has 0 aliphatic carbocycles. The zero-order chi connectivity index (χ0) is 11.9. The fourth-order valence-electron chi connectivity index (χ4n) is 2.03. The predicted octanol–water partition coefficient (Wildman–Crippen LogP) is -0.972. The summed E-state index contributed by atoms with van der Waals surface area (Å²) in [5.74, 6) is -1.45. The van der Waals surface area contributed by atoms with Crippen LogP contribution >= 0.6 is 0 Å². The highest BCUT2D eigenvalue weighted by Crippen LogP contribution is 2.40. The molecule has 2 aliphatic rings. The molecule has 6 nitrogen and oxygen atoms in total. The zero-order valence-corrected chi connectivity index (χ0v) is 9.20. The van der Waals surface area contributed by atoms with Crippen molar-refractivity contribution in [2.75, 3.05) is 12.4 Å². The lowest BCUT2D eigenvalue weighted by molar-refractivity contribution is -0.147. The molecule has 0 aromatic heterocycles. The number of fused-ring (bicyclic) bond motifs is 1. The van der Waals surface area contributed by atoms with E-state index in [1.165, 1.54) is 4.90 Å². The van der Waals surface area contributed by atoms with Crippen LogP contribution in [0.15, 0.2) is 10.6 Å². The van der Waals surface area contributed by atoms with Crippen molar-refractivity contribution in [1.82, 2.24) is 4.90 Å². The minimum absolute atomic E-state index is 0.0147. The van der Waals surface area contributed by atoms with Gasteiger partial charge >= 0.3 is 5.97 Å². The lowest BCUT2D eigenvalue weighted by Crippen LogP contribution is -2.49. The van der Waals surface area contributed by atoms with Crippen LogP contribution in [0.3, 0.4) is 0 Å². The standard InChI is InChI=1S/C9H11NO5S/c11-1-2-16(15)6-3-5-4-7(12)10(5)8(6)9(13)14/h5,11H,1-4H2,(H,13,14). The quantitative estimate of drug-likeness (QED) is 0.490. The second-order valence-electron chi connectivity index (χ2n) is 3.68. The molecule has 7 heteroatoms. The molecule has 0 spiro atoms. The summed E-state index contributed by atoms with van der Waals surface area (Å²) in [4.78, 5) is 23.7. The van der Waals surface area contributed by atoms with Crippen LogP contribution in [0.5, 0.6) is 0 Å². The molecule has 0 aromatic carbocycles. The van der Waals surface area contributed by atoms with Crippen LogP contribution < -0.4 is 0 Å². The number of aliphatic carboxylic acids is 1. The van der Waals surface area contributed by atoms with Crippen LogP contribution in [0, 0.1) is 0 Å². The summed E-state index contributed by atoms with van der Waals surface area (Å²) in [5.41, 5.74) is -0.145. The van der Waals surface area contributed by atoms with E-state index in [-0.39, 0.29) is 34.9 Å². The number of nitrogens with zero attached hydrogens (tertiary/aromatic N) is 1. The molecule has 2 heterocycles. The molecule has 2 N–H and O–H groups in total. The van der Waals surface area contributed by atoms with E-state index in [4.69, 9.17) is 10.2 Å². The highest BCUT2D eigenvalue weighted by molar-refractivity contribution is 7.95. The summed E-state index contributed by atoms with van der Waals surface area (Å²) in [6.07, 6.45) is 0.663. The molecule has 2 atom stereocenters. The fraction of sp³-hybridized carbons (Fsp3) is 0.556. The van der Waals surface area contributed by atoms with E-state index in [2.05, 4.69) is 0 Å². The Labute approximate surface area is 94.7 Å². The summed E-state index contributed by atoms with van der Waals surface area (Å²) in [6.45, 7) is -0.262. The van der Waals surface area contributed by atoms with Crippen molar-refractivity contribution < 1.29 is 24.4 Å². The van der Waals surface area contributed by atoms with Crippen LogP contribution in [0.25, 0.3) is 0 Å². The van der Waals surface area contributed by atoms with E-state index in [0.717, 1.165) is 0 Å². The van der Waals surface area contributed by atoms with E-state index in [1.807, 2.05) is 0 Å². The highest BCUT2D eigenvalue weighted by atomic mass is 32.2. The molecule has 1 fully saturated rings. The minimum Gasteiger partial charge on any atom is -0.612 e. The molecular weight excluding hydrogens is 234 g/mol. The number of aliphatic hydroxyl groups is 1. The Balaban J connectivity index is 2.28. The third kappa shape index (κ3) is 1.60. The van der Waals surface area contributed by atoms with E-state index in [9.17, 15) is 14.1 Å². The normalized spacial score (nSPS) is 25.5. The number of carbonyl (C=O) groups excluding carboxylic acids is 1. The van der Waals surface area contributed by atoms with E-state index in [1.54, 1.807) is 0 Å². The molecule has 16 heavy (non-hydrogen) atoms. The van der Waals surface area contributed by atoms with Crippen LogP contribution in [0.2, 0.25) is 0 Å². The first-order chi connectivity index (χ1) is 7.56. The summed E-state index contributed by atoms with van der Waals surface area (Å²) in [5, 5.41) is 17.7. The molecule has 88 valence electrons. The van der Waals surface area contributed by atoms with Crippen LogP contribution in [0.4, 0.5) is 0 Å². The third-order valence-corrected chi connectivity index (χ3v) is 4.19. The van der Waals surface area contributed by atoms with Gasteiger partial charge in [0.05, 0.1) is 12.6 Å². The van der Waals surface area contributed by atoms with Gasteiger partial charge in [0.2, 0.25) is 5.91 Å². The number of hydrogen-bond donors (Lipinski definition) is 2. The Hall–Kier alpha value is -1.05. The van der Waals surface area contributed by atoms with Gasteiger partial charge in [-0.1, -0.05) is 0 Å². The maximum Gasteiger partial charge on any atom is 0.357 e. The average molecular weight is 245 g/mol. The van der Waals surface area contributed by atoms with Crippen molar-refractivity contribution in [3.05, 3.63) is 10.6 Å². The minimum atomic E-state index is -1.51. The van der Waals surface area contributed by atoms with Crippen molar-refractivity contribution in [3.63, 3.8) is 0 Å². The topological polar surface area (TPSA) is 101 Å². The molecule has 1 saturated heterocycles. The van der Waals surface area contributed by atoms with Crippen molar-refractivity contribution in [2.24, 2.45) is 0 Å². The predicted molar refractivity (Wildman–Crippen MR) is 54.6 cm³/mol. The number of hydrogen-bond acceptors (Lipinski definition) is 4. The maximum atomic E-state index is 11.7. The molecule has 2 unspecified atom stereocenters. The van der Waals surface area contributed by atoms with E-state index >= 15 is 0 Å². The Bertz CT molecular complexity index is 380. The van der Waals surface area contributed by atoms with Gasteiger partial charge < -0.3 is 14.8 Å². The van der Waals surface area contributed by atoms with Crippen molar-refractivity contribution in [3.8, 4) is 0 Å². The zero-order valence-electron chi connectivity index (χ0n) is 8.38. The molecule has 0 saturated carbocycles. The number of carbonyl (C=O) groups is 2. The molecule has 2 rings (SSSR count). The van der Waals surface area contributed by atoms with Crippen molar-refractivity contribution >= 4 is 23.1 Å². The number of carboxylic acid groups (broad SMARTS) is 1. The summed E-state index contributed by atoms with van der Waals surface area (Å²) < 4.78 is 11.7. The van der Waals surface area contributed by atoms with Gasteiger partial charge in [0.15, 0.2) is 10.6 Å². The average Bonchev–Trinajstić information content (AvgIpc) is 2.51. The van der Waals surface area contributed by atoms with Gasteiger partial charge in [0.25, 0.3) is 0 Å².